The van der Waals surface area contributed by atoms with Gasteiger partial charge in [-0.15, -0.1) is 0 Å². The van der Waals surface area contributed by atoms with Gasteiger partial charge in [0, 0.05) is 25.2 Å². The molecule has 1 aliphatic rings. The highest BCUT2D eigenvalue weighted by molar-refractivity contribution is 5.06. The van der Waals surface area contributed by atoms with Gasteiger partial charge >= 0.3 is 0 Å². The number of likely N-dealkylation sites (tertiary alicyclic amines) is 1. The number of hydrogen-bond donors (Lipinski definition) is 1. The molecule has 2 rings (SSSR count). The van der Waals surface area contributed by atoms with Gasteiger partial charge in [-0.25, -0.2) is 0 Å². The Balaban J connectivity index is 2.03. The highest BCUT2D eigenvalue weighted by atomic mass is 16.3. The number of aliphatic hydroxyl groups is 1. The fourth-order valence-corrected chi connectivity index (χ4v) is 2.58. The van der Waals surface area contributed by atoms with E-state index in [9.17, 15) is 5.11 Å². The monoisotopic (exact) mass is 237 g/mol. The van der Waals surface area contributed by atoms with Crippen LogP contribution in [0.15, 0.2) is 12.3 Å². The van der Waals surface area contributed by atoms with Gasteiger partial charge in [-0.3, -0.25) is 4.68 Å². The third-order valence-electron chi connectivity index (χ3n) is 3.45. The van der Waals surface area contributed by atoms with Crippen molar-refractivity contribution < 1.29 is 5.11 Å². The second-order valence-electron chi connectivity index (χ2n) is 5.62. The fraction of sp³-hybridized carbons (Fsp3) is 0.769. The van der Waals surface area contributed by atoms with E-state index in [-0.39, 0.29) is 0 Å². The highest BCUT2D eigenvalue weighted by Gasteiger charge is 2.32. The zero-order chi connectivity index (χ0) is 12.5. The average Bonchev–Trinajstić information content (AvgIpc) is 2.64. The van der Waals surface area contributed by atoms with Crippen molar-refractivity contribution in [2.24, 2.45) is 0 Å². The van der Waals surface area contributed by atoms with E-state index in [0.29, 0.717) is 12.5 Å². The van der Waals surface area contributed by atoms with Gasteiger partial charge in [-0.1, -0.05) is 0 Å². The van der Waals surface area contributed by atoms with E-state index in [1.54, 1.807) is 0 Å². The molecule has 0 aromatic carbocycles. The average molecular weight is 237 g/mol. The minimum Gasteiger partial charge on any atom is -0.388 e. The van der Waals surface area contributed by atoms with Crippen LogP contribution >= 0.6 is 0 Å². The van der Waals surface area contributed by atoms with Gasteiger partial charge in [0.25, 0.3) is 0 Å². The Morgan fingerprint density at radius 3 is 2.88 bits per heavy atom. The Morgan fingerprint density at radius 2 is 2.29 bits per heavy atom. The Hall–Kier alpha value is -0.870. The summed E-state index contributed by atoms with van der Waals surface area (Å²) in [5.74, 6) is 0. The van der Waals surface area contributed by atoms with Crippen molar-refractivity contribution in [2.45, 2.75) is 44.8 Å². The largest absolute Gasteiger partial charge is 0.388 e. The Bertz CT molecular complexity index is 374. The minimum atomic E-state index is -0.594. The molecule has 17 heavy (non-hydrogen) atoms. The zero-order valence-electron chi connectivity index (χ0n) is 11.1. The number of aromatic nitrogens is 2. The van der Waals surface area contributed by atoms with E-state index in [0.717, 1.165) is 31.6 Å². The maximum atomic E-state index is 10.6. The molecule has 4 nitrogen and oxygen atoms in total. The van der Waals surface area contributed by atoms with Crippen molar-refractivity contribution in [3.05, 3.63) is 18.0 Å². The predicted molar refractivity (Wildman–Crippen MR) is 68.0 cm³/mol. The molecule has 0 bridgehead atoms. The van der Waals surface area contributed by atoms with Gasteiger partial charge in [0.2, 0.25) is 0 Å². The van der Waals surface area contributed by atoms with E-state index in [2.05, 4.69) is 30.9 Å². The van der Waals surface area contributed by atoms with E-state index in [1.807, 2.05) is 16.9 Å². The molecule has 1 aromatic heterocycles. The Kier molecular flexibility index (Phi) is 3.54. The second-order valence-corrected chi connectivity index (χ2v) is 5.62. The number of nitrogens with zero attached hydrogens (tertiary/aromatic N) is 3. The van der Waals surface area contributed by atoms with Crippen LogP contribution in [0.25, 0.3) is 0 Å². The first-order valence-electron chi connectivity index (χ1n) is 6.43. The van der Waals surface area contributed by atoms with Crippen LogP contribution in [0.2, 0.25) is 0 Å². The molecule has 96 valence electrons. The molecule has 2 heterocycles. The molecule has 0 radical (unpaired) electrons. The van der Waals surface area contributed by atoms with Crippen LogP contribution < -0.4 is 0 Å². The maximum Gasteiger partial charge on any atom is 0.0830 e. The van der Waals surface area contributed by atoms with Crippen molar-refractivity contribution in [1.29, 1.82) is 0 Å². The first-order chi connectivity index (χ1) is 7.98. The van der Waals surface area contributed by atoms with Crippen LogP contribution in [0, 0.1) is 0 Å². The van der Waals surface area contributed by atoms with Crippen molar-refractivity contribution in [3.63, 3.8) is 0 Å². The first kappa shape index (κ1) is 12.6. The molecule has 1 aromatic rings. The normalized spacial score (nSPS) is 26.6. The SMILES string of the molecule is CC(C)n1ccc(CC2(O)CCCN(C)C2)n1. The summed E-state index contributed by atoms with van der Waals surface area (Å²) in [6.45, 7) is 6.06. The molecule has 0 saturated carbocycles. The van der Waals surface area contributed by atoms with Crippen LogP contribution in [0.3, 0.4) is 0 Å². The van der Waals surface area contributed by atoms with Gasteiger partial charge in [0.05, 0.1) is 11.3 Å². The van der Waals surface area contributed by atoms with Crippen LogP contribution in [0.4, 0.5) is 0 Å². The van der Waals surface area contributed by atoms with E-state index < -0.39 is 5.60 Å². The summed E-state index contributed by atoms with van der Waals surface area (Å²) in [4.78, 5) is 2.20. The number of hydrogen-bond acceptors (Lipinski definition) is 3. The molecule has 4 heteroatoms. The predicted octanol–water partition coefficient (Wildman–Crippen LogP) is 1.46. The second kappa shape index (κ2) is 4.78. The Labute approximate surface area is 103 Å². The quantitative estimate of drug-likeness (QED) is 0.865. The smallest absolute Gasteiger partial charge is 0.0830 e. The maximum absolute atomic E-state index is 10.6. The lowest BCUT2D eigenvalue weighted by atomic mass is 9.89. The molecule has 1 atom stereocenters. The van der Waals surface area contributed by atoms with E-state index in [1.165, 1.54) is 0 Å². The third kappa shape index (κ3) is 3.07. The van der Waals surface area contributed by atoms with Gasteiger partial charge in [-0.2, -0.15) is 5.10 Å². The topological polar surface area (TPSA) is 41.3 Å². The zero-order valence-corrected chi connectivity index (χ0v) is 11.1. The summed E-state index contributed by atoms with van der Waals surface area (Å²) >= 11 is 0. The van der Waals surface area contributed by atoms with Gasteiger partial charge in [-0.05, 0) is 46.3 Å². The molecule has 1 aliphatic heterocycles. The molecular formula is C13H23N3O. The lowest BCUT2D eigenvalue weighted by Gasteiger charge is -2.37. The number of likely N-dealkylation sites (N-methyl/N-ethyl adjacent to an activating group) is 1. The van der Waals surface area contributed by atoms with Gasteiger partial charge in [0.1, 0.15) is 0 Å². The lowest BCUT2D eigenvalue weighted by Crippen LogP contribution is -2.47. The van der Waals surface area contributed by atoms with Crippen molar-refractivity contribution in [3.8, 4) is 0 Å². The van der Waals surface area contributed by atoms with Gasteiger partial charge < -0.3 is 10.0 Å². The molecule has 1 unspecified atom stereocenters. The van der Waals surface area contributed by atoms with Crippen LogP contribution in [-0.4, -0.2) is 45.5 Å². The van der Waals surface area contributed by atoms with E-state index in [4.69, 9.17) is 0 Å². The van der Waals surface area contributed by atoms with Crippen LogP contribution in [-0.2, 0) is 6.42 Å². The summed E-state index contributed by atoms with van der Waals surface area (Å²) in [6.07, 6.45) is 4.61. The van der Waals surface area contributed by atoms with Crippen molar-refractivity contribution >= 4 is 0 Å². The molecular weight excluding hydrogens is 214 g/mol. The van der Waals surface area contributed by atoms with Crippen molar-refractivity contribution in [2.75, 3.05) is 20.1 Å². The summed E-state index contributed by atoms with van der Waals surface area (Å²) in [6, 6.07) is 2.40. The summed E-state index contributed by atoms with van der Waals surface area (Å²) in [5.41, 5.74) is 0.403. The summed E-state index contributed by atoms with van der Waals surface area (Å²) < 4.78 is 1.95. The first-order valence-corrected chi connectivity index (χ1v) is 6.43. The summed E-state index contributed by atoms with van der Waals surface area (Å²) in [5, 5.41) is 15.1. The molecule has 0 amide bonds. The molecule has 1 saturated heterocycles. The molecule has 1 N–H and O–H groups in total. The highest BCUT2D eigenvalue weighted by Crippen LogP contribution is 2.24. The fourth-order valence-electron chi connectivity index (χ4n) is 2.58. The van der Waals surface area contributed by atoms with Crippen LogP contribution in [0.1, 0.15) is 38.4 Å². The third-order valence-corrected chi connectivity index (χ3v) is 3.45. The van der Waals surface area contributed by atoms with E-state index >= 15 is 0 Å². The molecule has 0 spiro atoms. The minimum absolute atomic E-state index is 0.382. The number of β-amino-alcohol motifs (C(OH)–C–C–N with tert-alkyl or cyclic N) is 1. The number of piperidine rings is 1. The summed E-state index contributed by atoms with van der Waals surface area (Å²) in [7, 11) is 2.07. The number of rotatable bonds is 3. The van der Waals surface area contributed by atoms with Gasteiger partial charge in [0.15, 0.2) is 0 Å². The Morgan fingerprint density at radius 1 is 1.53 bits per heavy atom. The van der Waals surface area contributed by atoms with Crippen LogP contribution in [0.5, 0.6) is 0 Å². The molecule has 1 fully saturated rings. The standard InChI is InChI=1S/C13H23N3O/c1-11(2)16-8-5-12(14-16)9-13(17)6-4-7-15(3)10-13/h5,8,11,17H,4,6-7,9-10H2,1-3H3. The molecule has 0 aliphatic carbocycles. The lowest BCUT2D eigenvalue weighted by molar-refractivity contribution is -0.0231. The van der Waals surface area contributed by atoms with Crippen molar-refractivity contribution in [1.82, 2.24) is 14.7 Å².